The lowest BCUT2D eigenvalue weighted by Crippen LogP contribution is -2.34. The molecule has 0 aliphatic carbocycles. The fraction of sp³-hybridized carbons (Fsp3) is 0.429. The van der Waals surface area contributed by atoms with E-state index in [0.29, 0.717) is 11.3 Å². The van der Waals surface area contributed by atoms with Gasteiger partial charge < -0.3 is 24.5 Å². The van der Waals surface area contributed by atoms with E-state index in [0.717, 1.165) is 49.0 Å². The van der Waals surface area contributed by atoms with E-state index >= 15 is 0 Å². The molecular formula is C21H26N4O3. The molecule has 0 saturated carbocycles. The minimum atomic E-state index is 0.188. The fourth-order valence-electron chi connectivity index (χ4n) is 3.75. The molecule has 4 rings (SSSR count). The fourth-order valence-corrected chi connectivity index (χ4v) is 3.75. The number of benzene rings is 1. The van der Waals surface area contributed by atoms with Gasteiger partial charge in [-0.2, -0.15) is 0 Å². The minimum absolute atomic E-state index is 0.188. The maximum absolute atomic E-state index is 9.64. The van der Waals surface area contributed by atoms with Crippen LogP contribution in [0.25, 0.3) is 11.0 Å². The van der Waals surface area contributed by atoms with Crippen LogP contribution < -0.4 is 15.0 Å². The van der Waals surface area contributed by atoms with Crippen LogP contribution in [0, 0.1) is 5.92 Å². The molecule has 3 aromatic rings. The van der Waals surface area contributed by atoms with Crippen LogP contribution in [0.3, 0.4) is 0 Å². The van der Waals surface area contributed by atoms with Gasteiger partial charge >= 0.3 is 0 Å². The van der Waals surface area contributed by atoms with Gasteiger partial charge in [-0.05, 0) is 43.7 Å². The Bertz CT molecular complexity index is 902. The van der Waals surface area contributed by atoms with Gasteiger partial charge in [-0.1, -0.05) is 0 Å². The molecule has 1 aliphatic rings. The van der Waals surface area contributed by atoms with Crippen LogP contribution in [-0.2, 0) is 0 Å². The normalized spacial score (nSPS) is 15.1. The molecule has 0 unspecified atom stereocenters. The van der Waals surface area contributed by atoms with Gasteiger partial charge in [-0.15, -0.1) is 0 Å². The molecule has 7 heteroatoms. The number of methoxy groups -OCH3 is 1. The van der Waals surface area contributed by atoms with Crippen LogP contribution in [0.4, 0.5) is 11.6 Å². The Balaban J connectivity index is 1.18. The number of nitrogens with one attached hydrogen (secondary N) is 1. The Hall–Kier alpha value is -2.96. The molecule has 0 amide bonds. The summed E-state index contributed by atoms with van der Waals surface area (Å²) < 4.78 is 10.5. The summed E-state index contributed by atoms with van der Waals surface area (Å²) in [6, 6.07) is 5.79. The third-order valence-electron chi connectivity index (χ3n) is 5.42. The molecule has 28 heavy (non-hydrogen) atoms. The predicted octanol–water partition coefficient (Wildman–Crippen LogP) is 4.05. The minimum Gasteiger partial charge on any atom is -0.504 e. The predicted molar refractivity (Wildman–Crippen MR) is 109 cm³/mol. The van der Waals surface area contributed by atoms with Crippen molar-refractivity contribution >= 4 is 22.6 Å². The molecule has 1 fully saturated rings. The molecule has 148 valence electrons. The first kappa shape index (κ1) is 18.4. The van der Waals surface area contributed by atoms with Crippen molar-refractivity contribution in [3.63, 3.8) is 0 Å². The van der Waals surface area contributed by atoms with Crippen LogP contribution in [0.1, 0.15) is 25.7 Å². The Morgan fingerprint density at radius 2 is 2.04 bits per heavy atom. The smallest absolute Gasteiger partial charge is 0.225 e. The first-order valence-corrected chi connectivity index (χ1v) is 9.78. The van der Waals surface area contributed by atoms with Crippen molar-refractivity contribution in [3.05, 3.63) is 36.9 Å². The van der Waals surface area contributed by atoms with E-state index in [1.54, 1.807) is 19.5 Å². The van der Waals surface area contributed by atoms with E-state index in [1.807, 2.05) is 18.2 Å². The van der Waals surface area contributed by atoms with Crippen molar-refractivity contribution in [2.24, 2.45) is 5.92 Å². The number of aromatic hydroxyl groups is 1. The molecule has 0 spiro atoms. The van der Waals surface area contributed by atoms with Crippen LogP contribution in [-0.4, -0.2) is 41.8 Å². The molecule has 3 heterocycles. The number of nitrogens with zero attached hydrogens (tertiary/aromatic N) is 3. The number of hydrogen-bond acceptors (Lipinski definition) is 7. The van der Waals surface area contributed by atoms with E-state index in [2.05, 4.69) is 20.2 Å². The maximum Gasteiger partial charge on any atom is 0.225 e. The summed E-state index contributed by atoms with van der Waals surface area (Å²) in [7, 11) is 1.62. The molecule has 1 saturated heterocycles. The maximum atomic E-state index is 9.64. The summed E-state index contributed by atoms with van der Waals surface area (Å²) in [4.78, 5) is 11.0. The van der Waals surface area contributed by atoms with Crippen molar-refractivity contribution in [2.45, 2.75) is 25.7 Å². The third-order valence-corrected chi connectivity index (χ3v) is 5.42. The Kier molecular flexibility index (Phi) is 5.50. The standard InChI is InChI=1S/C21H26N4O3/c1-27-17-12-23-21(24-13-17)25-9-6-15(7-10-25)3-2-8-22-16-4-5-18-19(26)14-28-20(18)11-16/h4-5,11-15,22,26H,2-3,6-10H2,1H3. The molecule has 1 aliphatic heterocycles. The van der Waals surface area contributed by atoms with Gasteiger partial charge in [0.25, 0.3) is 0 Å². The van der Waals surface area contributed by atoms with Crippen molar-refractivity contribution in [2.75, 3.05) is 37.0 Å². The van der Waals surface area contributed by atoms with E-state index in [9.17, 15) is 5.11 Å². The van der Waals surface area contributed by atoms with Crippen LogP contribution >= 0.6 is 0 Å². The highest BCUT2D eigenvalue weighted by atomic mass is 16.5. The molecule has 0 atom stereocenters. The second-order valence-electron chi connectivity index (χ2n) is 7.25. The Morgan fingerprint density at radius 3 is 2.79 bits per heavy atom. The number of aromatic nitrogens is 2. The summed E-state index contributed by atoms with van der Waals surface area (Å²) in [6.07, 6.45) is 9.51. The van der Waals surface area contributed by atoms with Gasteiger partial charge in [0, 0.05) is 31.4 Å². The quantitative estimate of drug-likeness (QED) is 0.597. The largest absolute Gasteiger partial charge is 0.504 e. The summed E-state index contributed by atoms with van der Waals surface area (Å²) in [6.45, 7) is 2.94. The van der Waals surface area contributed by atoms with Gasteiger partial charge in [0.15, 0.2) is 11.5 Å². The average molecular weight is 382 g/mol. The molecular weight excluding hydrogens is 356 g/mol. The Morgan fingerprint density at radius 1 is 1.25 bits per heavy atom. The zero-order valence-electron chi connectivity index (χ0n) is 16.1. The summed E-state index contributed by atoms with van der Waals surface area (Å²) in [5, 5.41) is 13.8. The number of rotatable bonds is 7. The van der Waals surface area contributed by atoms with Crippen LogP contribution in [0.2, 0.25) is 0 Å². The van der Waals surface area contributed by atoms with Crippen LogP contribution in [0.5, 0.6) is 11.5 Å². The first-order chi connectivity index (χ1) is 13.7. The number of hydrogen-bond donors (Lipinski definition) is 2. The average Bonchev–Trinajstić information content (AvgIpc) is 3.12. The number of ether oxygens (including phenoxy) is 1. The molecule has 2 aromatic heterocycles. The zero-order chi connectivity index (χ0) is 19.3. The van der Waals surface area contributed by atoms with Gasteiger partial charge in [0.05, 0.1) is 24.9 Å². The molecule has 1 aromatic carbocycles. The summed E-state index contributed by atoms with van der Waals surface area (Å²) in [5.74, 6) is 2.42. The van der Waals surface area contributed by atoms with Crippen molar-refractivity contribution in [1.82, 2.24) is 9.97 Å². The first-order valence-electron chi connectivity index (χ1n) is 9.78. The van der Waals surface area contributed by atoms with Gasteiger partial charge in [0.1, 0.15) is 11.8 Å². The second kappa shape index (κ2) is 8.37. The highest BCUT2D eigenvalue weighted by molar-refractivity contribution is 5.86. The van der Waals surface area contributed by atoms with E-state index in [1.165, 1.54) is 25.5 Å². The number of piperidine rings is 1. The number of furan rings is 1. The van der Waals surface area contributed by atoms with Gasteiger partial charge in [-0.25, -0.2) is 9.97 Å². The second-order valence-corrected chi connectivity index (χ2v) is 7.25. The van der Waals surface area contributed by atoms with Crippen LogP contribution in [0.15, 0.2) is 41.3 Å². The highest BCUT2D eigenvalue weighted by Gasteiger charge is 2.20. The van der Waals surface area contributed by atoms with Crippen molar-refractivity contribution in [3.8, 4) is 11.5 Å². The van der Waals surface area contributed by atoms with E-state index in [4.69, 9.17) is 9.15 Å². The monoisotopic (exact) mass is 382 g/mol. The lowest BCUT2D eigenvalue weighted by atomic mass is 9.92. The number of anilines is 2. The lowest BCUT2D eigenvalue weighted by Gasteiger charge is -2.32. The SMILES string of the molecule is COc1cnc(N2CCC(CCCNc3ccc4c(O)coc4c3)CC2)nc1. The lowest BCUT2D eigenvalue weighted by molar-refractivity contribution is 0.373. The van der Waals surface area contributed by atoms with Gasteiger partial charge in [0.2, 0.25) is 5.95 Å². The number of fused-ring (bicyclic) bond motifs is 1. The third kappa shape index (κ3) is 4.13. The molecule has 0 radical (unpaired) electrons. The van der Waals surface area contributed by atoms with E-state index in [-0.39, 0.29) is 5.75 Å². The summed E-state index contributed by atoms with van der Waals surface area (Å²) >= 11 is 0. The van der Waals surface area contributed by atoms with E-state index < -0.39 is 0 Å². The zero-order valence-corrected chi connectivity index (χ0v) is 16.1. The molecule has 7 nitrogen and oxygen atoms in total. The topological polar surface area (TPSA) is 83.7 Å². The van der Waals surface area contributed by atoms with Crippen molar-refractivity contribution in [1.29, 1.82) is 0 Å². The van der Waals surface area contributed by atoms with Gasteiger partial charge in [-0.3, -0.25) is 0 Å². The van der Waals surface area contributed by atoms with Crippen molar-refractivity contribution < 1.29 is 14.3 Å². The Labute approximate surface area is 164 Å². The summed E-state index contributed by atoms with van der Waals surface area (Å²) in [5.41, 5.74) is 1.73. The molecule has 2 N–H and O–H groups in total. The highest BCUT2D eigenvalue weighted by Crippen LogP contribution is 2.29. The molecule has 0 bridgehead atoms.